The highest BCUT2D eigenvalue weighted by atomic mass is 32.2. The van der Waals surface area contributed by atoms with E-state index in [9.17, 15) is 14.7 Å². The fraction of sp³-hybridized carbons (Fsp3) is 0.476. The number of unbranched alkanes of at least 4 members (excludes halogenated alkanes) is 2. The van der Waals surface area contributed by atoms with Crippen LogP contribution in [0, 0.1) is 6.92 Å². The molecule has 0 radical (unpaired) electrons. The molecular formula is C21H28N4O4S. The Morgan fingerprint density at radius 3 is 2.77 bits per heavy atom. The number of hydrogen-bond donors (Lipinski definition) is 2. The first-order chi connectivity index (χ1) is 14.4. The molecule has 2 heterocycles. The van der Waals surface area contributed by atoms with Gasteiger partial charge in [0.2, 0.25) is 0 Å². The van der Waals surface area contributed by atoms with Gasteiger partial charge in [-0.05, 0) is 25.0 Å². The summed E-state index contributed by atoms with van der Waals surface area (Å²) in [7, 11) is 1.57. The number of hydrogen-bond acceptors (Lipinski definition) is 6. The number of nitrogens with one attached hydrogen (secondary N) is 1. The van der Waals surface area contributed by atoms with Crippen molar-refractivity contribution in [2.75, 3.05) is 12.4 Å². The van der Waals surface area contributed by atoms with Crippen molar-refractivity contribution in [3.05, 3.63) is 50.7 Å². The van der Waals surface area contributed by atoms with Crippen LogP contribution in [0.1, 0.15) is 31.7 Å². The van der Waals surface area contributed by atoms with Crippen LogP contribution in [-0.2, 0) is 13.6 Å². The number of aromatic nitrogens is 4. The number of rotatable bonds is 10. The summed E-state index contributed by atoms with van der Waals surface area (Å²) in [5.41, 5.74) is 0.561. The number of aryl methyl sites for hydroxylation is 2. The number of imidazole rings is 1. The zero-order chi connectivity index (χ0) is 21.7. The van der Waals surface area contributed by atoms with E-state index >= 15 is 0 Å². The molecule has 3 aromatic rings. The molecule has 0 bridgehead atoms. The van der Waals surface area contributed by atoms with Crippen LogP contribution in [-0.4, -0.2) is 42.7 Å². The van der Waals surface area contributed by atoms with Gasteiger partial charge in [-0.2, -0.15) is 0 Å². The highest BCUT2D eigenvalue weighted by molar-refractivity contribution is 7.99. The van der Waals surface area contributed by atoms with Crippen molar-refractivity contribution in [1.29, 1.82) is 0 Å². The summed E-state index contributed by atoms with van der Waals surface area (Å²) in [4.78, 5) is 31.3. The number of benzene rings is 1. The van der Waals surface area contributed by atoms with Gasteiger partial charge in [0.15, 0.2) is 16.3 Å². The van der Waals surface area contributed by atoms with Crippen LogP contribution in [0.2, 0.25) is 0 Å². The van der Waals surface area contributed by atoms with Gasteiger partial charge in [0.25, 0.3) is 5.56 Å². The smallest absolute Gasteiger partial charge is 0.329 e. The first kappa shape index (κ1) is 22.2. The van der Waals surface area contributed by atoms with Gasteiger partial charge in [0.05, 0.1) is 6.54 Å². The fourth-order valence-corrected chi connectivity index (χ4v) is 4.18. The van der Waals surface area contributed by atoms with Gasteiger partial charge >= 0.3 is 5.69 Å². The van der Waals surface area contributed by atoms with Crippen LogP contribution in [0.15, 0.2) is 39.0 Å². The zero-order valence-electron chi connectivity index (χ0n) is 17.6. The van der Waals surface area contributed by atoms with Crippen LogP contribution in [0.25, 0.3) is 11.2 Å². The van der Waals surface area contributed by atoms with Crippen LogP contribution >= 0.6 is 11.8 Å². The number of H-pyrrole nitrogens is 1. The molecule has 8 nitrogen and oxygen atoms in total. The third kappa shape index (κ3) is 4.96. The molecule has 3 rings (SSSR count). The average Bonchev–Trinajstić information content (AvgIpc) is 3.07. The lowest BCUT2D eigenvalue weighted by atomic mass is 10.2. The van der Waals surface area contributed by atoms with Gasteiger partial charge in [0, 0.05) is 12.8 Å². The second kappa shape index (κ2) is 9.99. The Balaban J connectivity index is 1.86. The Morgan fingerprint density at radius 2 is 2.03 bits per heavy atom. The summed E-state index contributed by atoms with van der Waals surface area (Å²) < 4.78 is 8.76. The molecular weight excluding hydrogens is 404 g/mol. The summed E-state index contributed by atoms with van der Waals surface area (Å²) in [6.07, 6.45) is 2.39. The van der Waals surface area contributed by atoms with Crippen molar-refractivity contribution in [3.63, 3.8) is 0 Å². The minimum Gasteiger partial charge on any atom is -0.491 e. The fourth-order valence-electron chi connectivity index (χ4n) is 3.18. The monoisotopic (exact) mass is 432 g/mol. The minimum atomic E-state index is -0.853. The molecule has 0 saturated heterocycles. The van der Waals surface area contributed by atoms with Gasteiger partial charge < -0.3 is 14.4 Å². The lowest BCUT2D eigenvalue weighted by Gasteiger charge is -2.16. The summed E-state index contributed by atoms with van der Waals surface area (Å²) in [5, 5.41) is 11.2. The summed E-state index contributed by atoms with van der Waals surface area (Å²) in [5.74, 6) is 1.56. The van der Waals surface area contributed by atoms with Crippen LogP contribution in [0.4, 0.5) is 0 Å². The quantitative estimate of drug-likeness (QED) is 0.377. The number of aliphatic hydroxyl groups excluding tert-OH is 1. The Kier molecular flexibility index (Phi) is 7.38. The lowest BCUT2D eigenvalue weighted by molar-refractivity contribution is 0.0910. The number of nitrogens with zero attached hydrogens (tertiary/aromatic N) is 3. The van der Waals surface area contributed by atoms with Crippen LogP contribution in [0.3, 0.4) is 0 Å². The zero-order valence-corrected chi connectivity index (χ0v) is 18.4. The molecule has 0 aliphatic heterocycles. The normalized spacial score (nSPS) is 12.4. The number of aliphatic hydroxyl groups is 1. The van der Waals surface area contributed by atoms with Crippen LogP contribution in [0.5, 0.6) is 5.75 Å². The SMILES string of the molecule is CCCCCSc1nc2c(c(=O)[nH]c(=O)n2C)n1C[C@H](O)COc1ccccc1C. The second-order valence-electron chi connectivity index (χ2n) is 7.28. The molecule has 0 aliphatic carbocycles. The van der Waals surface area contributed by atoms with E-state index < -0.39 is 17.4 Å². The van der Waals surface area contributed by atoms with Crippen molar-refractivity contribution >= 4 is 22.9 Å². The Morgan fingerprint density at radius 1 is 1.27 bits per heavy atom. The Hall–Kier alpha value is -2.52. The molecule has 1 aromatic carbocycles. The molecule has 0 amide bonds. The number of ether oxygens (including phenoxy) is 1. The third-order valence-electron chi connectivity index (χ3n) is 4.87. The maximum atomic E-state index is 12.5. The van der Waals surface area contributed by atoms with E-state index in [-0.39, 0.29) is 18.7 Å². The van der Waals surface area contributed by atoms with Crippen molar-refractivity contribution in [1.82, 2.24) is 19.1 Å². The summed E-state index contributed by atoms with van der Waals surface area (Å²) >= 11 is 1.53. The van der Waals surface area contributed by atoms with Gasteiger partial charge in [0.1, 0.15) is 18.5 Å². The lowest BCUT2D eigenvalue weighted by Crippen LogP contribution is -2.30. The van der Waals surface area contributed by atoms with E-state index in [0.29, 0.717) is 16.6 Å². The van der Waals surface area contributed by atoms with Crippen molar-refractivity contribution in [2.24, 2.45) is 7.05 Å². The molecule has 1 atom stereocenters. The number of aromatic amines is 1. The molecule has 0 fully saturated rings. The second-order valence-corrected chi connectivity index (χ2v) is 8.34. The largest absolute Gasteiger partial charge is 0.491 e. The first-order valence-corrected chi connectivity index (χ1v) is 11.1. The topological polar surface area (TPSA) is 102 Å². The van der Waals surface area contributed by atoms with Crippen molar-refractivity contribution in [2.45, 2.75) is 50.9 Å². The third-order valence-corrected chi connectivity index (χ3v) is 5.93. The molecule has 30 heavy (non-hydrogen) atoms. The maximum absolute atomic E-state index is 12.5. The number of fused-ring (bicyclic) bond motifs is 1. The standard InChI is InChI=1S/C21H28N4O4S/c1-4-5-8-11-30-21-22-18-17(19(27)23-20(28)24(18)3)25(21)12-15(26)13-29-16-10-7-6-9-14(16)2/h6-7,9-10,15,26H,4-5,8,11-13H2,1-3H3,(H,23,27,28)/t15-/m0/s1. The Bertz CT molecular complexity index is 1120. The minimum absolute atomic E-state index is 0.0775. The highest BCUT2D eigenvalue weighted by Crippen LogP contribution is 2.23. The van der Waals surface area contributed by atoms with Gasteiger partial charge in [-0.1, -0.05) is 49.7 Å². The molecule has 0 spiro atoms. The van der Waals surface area contributed by atoms with Crippen LogP contribution < -0.4 is 16.0 Å². The number of thioether (sulfide) groups is 1. The van der Waals surface area contributed by atoms with E-state index in [0.717, 1.165) is 30.6 Å². The predicted octanol–water partition coefficient (Wildman–Crippen LogP) is 2.45. The predicted molar refractivity (Wildman–Crippen MR) is 119 cm³/mol. The van der Waals surface area contributed by atoms with Gasteiger partial charge in [-0.3, -0.25) is 14.3 Å². The molecule has 0 aliphatic rings. The van der Waals surface area contributed by atoms with E-state index in [1.807, 2.05) is 31.2 Å². The highest BCUT2D eigenvalue weighted by Gasteiger charge is 2.20. The van der Waals surface area contributed by atoms with E-state index in [1.54, 1.807) is 11.6 Å². The Labute approximate surface area is 178 Å². The molecule has 162 valence electrons. The molecule has 0 unspecified atom stereocenters. The maximum Gasteiger partial charge on any atom is 0.329 e. The summed E-state index contributed by atoms with van der Waals surface area (Å²) in [6.45, 7) is 4.30. The van der Waals surface area contributed by atoms with Crippen molar-refractivity contribution < 1.29 is 9.84 Å². The van der Waals surface area contributed by atoms with Gasteiger partial charge in [-0.15, -0.1) is 0 Å². The molecule has 2 aromatic heterocycles. The first-order valence-electron chi connectivity index (χ1n) is 10.1. The molecule has 9 heteroatoms. The van der Waals surface area contributed by atoms with Gasteiger partial charge in [-0.25, -0.2) is 9.78 Å². The van der Waals surface area contributed by atoms with Crippen molar-refractivity contribution in [3.8, 4) is 5.75 Å². The average molecular weight is 433 g/mol. The molecule has 2 N–H and O–H groups in total. The molecule has 0 saturated carbocycles. The number of para-hydroxylation sites is 1. The van der Waals surface area contributed by atoms with E-state index in [4.69, 9.17) is 4.74 Å². The van der Waals surface area contributed by atoms with E-state index in [1.165, 1.54) is 16.3 Å². The summed E-state index contributed by atoms with van der Waals surface area (Å²) in [6, 6.07) is 7.60. The van der Waals surface area contributed by atoms with E-state index in [2.05, 4.69) is 16.9 Å².